The largest absolute Gasteiger partial charge is 0.393 e. The van der Waals surface area contributed by atoms with Crippen LogP contribution in [0.3, 0.4) is 0 Å². The second-order valence-electron chi connectivity index (χ2n) is 7.23. The molecule has 1 unspecified atom stereocenters. The van der Waals surface area contributed by atoms with E-state index in [0.29, 0.717) is 11.8 Å². The van der Waals surface area contributed by atoms with Gasteiger partial charge in [0.1, 0.15) is 0 Å². The van der Waals surface area contributed by atoms with Gasteiger partial charge in [-0.3, -0.25) is 0 Å². The summed E-state index contributed by atoms with van der Waals surface area (Å²) in [5, 5.41) is 13.3. The van der Waals surface area contributed by atoms with E-state index in [2.05, 4.69) is 46.3 Å². The lowest BCUT2D eigenvalue weighted by Crippen LogP contribution is -2.46. The standard InChI is InChI=1S/C21H30N2O.2ClH/c1-2-4-17-5-3-6-19(15-17)21(16-23-13-11-22-12-14-23)18-7-9-20(24)10-8-18;;/h3,5-6,15,18,20-22,24H,7-14,16H2,1H3;2*1H. The molecule has 1 aliphatic heterocycles. The van der Waals surface area contributed by atoms with Crippen LogP contribution >= 0.6 is 24.8 Å². The van der Waals surface area contributed by atoms with Crippen LogP contribution in [0.2, 0.25) is 0 Å². The average Bonchev–Trinajstić information content (AvgIpc) is 2.62. The molecule has 1 aliphatic carbocycles. The lowest BCUT2D eigenvalue weighted by Gasteiger charge is -2.37. The van der Waals surface area contributed by atoms with Gasteiger partial charge in [-0.05, 0) is 62.1 Å². The Bertz CT molecular complexity index is 585. The Labute approximate surface area is 170 Å². The Hall–Kier alpha value is -0.760. The zero-order chi connectivity index (χ0) is 16.8. The van der Waals surface area contributed by atoms with Crippen LogP contribution in [0.4, 0.5) is 0 Å². The molecule has 2 aliphatic rings. The van der Waals surface area contributed by atoms with Crippen LogP contribution in [0.15, 0.2) is 24.3 Å². The van der Waals surface area contributed by atoms with Crippen molar-refractivity contribution in [3.05, 3.63) is 35.4 Å². The Balaban J connectivity index is 0.00000169. The second-order valence-corrected chi connectivity index (χ2v) is 7.23. The molecule has 1 atom stereocenters. The fourth-order valence-electron chi connectivity index (χ4n) is 4.19. The van der Waals surface area contributed by atoms with E-state index in [9.17, 15) is 5.11 Å². The summed E-state index contributed by atoms with van der Waals surface area (Å²) in [6.45, 7) is 7.49. The molecule has 1 saturated carbocycles. The molecule has 1 aromatic rings. The van der Waals surface area contributed by atoms with Crippen LogP contribution in [0.25, 0.3) is 0 Å². The molecule has 5 heteroatoms. The maximum Gasteiger partial charge on any atom is 0.0540 e. The molecule has 0 bridgehead atoms. The van der Waals surface area contributed by atoms with Gasteiger partial charge in [0.25, 0.3) is 0 Å². The van der Waals surface area contributed by atoms with E-state index >= 15 is 0 Å². The summed E-state index contributed by atoms with van der Waals surface area (Å²) in [7, 11) is 0. The van der Waals surface area contributed by atoms with Gasteiger partial charge in [0.2, 0.25) is 0 Å². The van der Waals surface area contributed by atoms with Crippen molar-refractivity contribution in [2.24, 2.45) is 5.92 Å². The Morgan fingerprint density at radius 1 is 1.15 bits per heavy atom. The fraction of sp³-hybridized carbons (Fsp3) is 0.619. The highest BCUT2D eigenvalue weighted by Crippen LogP contribution is 2.37. The minimum Gasteiger partial charge on any atom is -0.393 e. The number of aliphatic hydroxyl groups excluding tert-OH is 1. The van der Waals surface area contributed by atoms with Crippen LogP contribution in [-0.2, 0) is 0 Å². The first-order valence-electron chi connectivity index (χ1n) is 9.40. The summed E-state index contributed by atoms with van der Waals surface area (Å²) < 4.78 is 0. The monoisotopic (exact) mass is 398 g/mol. The molecule has 1 aromatic carbocycles. The quantitative estimate of drug-likeness (QED) is 0.762. The number of hydrogen-bond donors (Lipinski definition) is 2. The van der Waals surface area contributed by atoms with Gasteiger partial charge in [-0.25, -0.2) is 0 Å². The highest BCUT2D eigenvalue weighted by atomic mass is 35.5. The molecule has 26 heavy (non-hydrogen) atoms. The first-order valence-corrected chi connectivity index (χ1v) is 9.40. The Morgan fingerprint density at radius 2 is 1.85 bits per heavy atom. The van der Waals surface area contributed by atoms with Gasteiger partial charge >= 0.3 is 0 Å². The third-order valence-corrected chi connectivity index (χ3v) is 5.56. The first-order chi connectivity index (χ1) is 11.8. The molecule has 0 amide bonds. The van der Waals surface area contributed by atoms with Gasteiger partial charge in [-0.15, -0.1) is 30.7 Å². The molecule has 1 saturated heterocycles. The van der Waals surface area contributed by atoms with Crippen molar-refractivity contribution in [1.82, 2.24) is 10.2 Å². The maximum atomic E-state index is 9.88. The summed E-state index contributed by atoms with van der Waals surface area (Å²) in [6.07, 6.45) is 4.11. The van der Waals surface area contributed by atoms with Crippen LogP contribution in [-0.4, -0.2) is 48.8 Å². The molecular weight excluding hydrogens is 367 g/mol. The summed E-state index contributed by atoms with van der Waals surface area (Å²) >= 11 is 0. The second kappa shape index (κ2) is 11.8. The van der Waals surface area contributed by atoms with E-state index in [1.807, 2.05) is 6.92 Å². The van der Waals surface area contributed by atoms with Crippen LogP contribution in [0.5, 0.6) is 0 Å². The topological polar surface area (TPSA) is 35.5 Å². The van der Waals surface area contributed by atoms with Crippen molar-refractivity contribution >= 4 is 24.8 Å². The smallest absolute Gasteiger partial charge is 0.0540 e. The van der Waals surface area contributed by atoms with Crippen molar-refractivity contribution in [1.29, 1.82) is 0 Å². The van der Waals surface area contributed by atoms with Crippen molar-refractivity contribution in [3.8, 4) is 11.8 Å². The van der Waals surface area contributed by atoms with E-state index in [1.165, 1.54) is 5.56 Å². The minimum absolute atomic E-state index is 0. The van der Waals surface area contributed by atoms with Crippen LogP contribution in [0, 0.1) is 17.8 Å². The number of benzene rings is 1. The van der Waals surface area contributed by atoms with Gasteiger partial charge in [0, 0.05) is 38.3 Å². The van der Waals surface area contributed by atoms with Crippen LogP contribution in [0.1, 0.15) is 49.7 Å². The number of rotatable bonds is 4. The summed E-state index contributed by atoms with van der Waals surface area (Å²) in [6, 6.07) is 8.82. The molecular formula is C21H32Cl2N2O. The van der Waals surface area contributed by atoms with Gasteiger partial charge in [0.05, 0.1) is 6.10 Å². The van der Waals surface area contributed by atoms with Crippen LogP contribution < -0.4 is 5.32 Å². The van der Waals surface area contributed by atoms with Gasteiger partial charge in [0.15, 0.2) is 0 Å². The lowest BCUT2D eigenvalue weighted by atomic mass is 9.75. The minimum atomic E-state index is -0.0848. The first kappa shape index (κ1) is 23.3. The third kappa shape index (κ3) is 6.44. The Kier molecular flexibility index (Phi) is 10.6. The van der Waals surface area contributed by atoms with Crippen molar-refractivity contribution in [3.63, 3.8) is 0 Å². The molecule has 1 heterocycles. The third-order valence-electron chi connectivity index (χ3n) is 5.56. The number of aliphatic hydroxyl groups is 1. The summed E-state index contributed by atoms with van der Waals surface area (Å²) in [5.41, 5.74) is 2.55. The molecule has 0 aromatic heterocycles. The molecule has 0 radical (unpaired) electrons. The highest BCUT2D eigenvalue weighted by Gasteiger charge is 2.29. The molecule has 146 valence electrons. The van der Waals surface area contributed by atoms with Crippen molar-refractivity contribution in [2.45, 2.75) is 44.6 Å². The Morgan fingerprint density at radius 3 is 2.50 bits per heavy atom. The number of hydrogen-bond acceptors (Lipinski definition) is 3. The van der Waals surface area contributed by atoms with E-state index < -0.39 is 0 Å². The normalized spacial score (nSPS) is 24.4. The van der Waals surface area contributed by atoms with E-state index in [1.54, 1.807) is 0 Å². The number of nitrogens with zero attached hydrogens (tertiary/aromatic N) is 1. The van der Waals surface area contributed by atoms with Crippen molar-refractivity contribution in [2.75, 3.05) is 32.7 Å². The van der Waals surface area contributed by atoms with Gasteiger partial charge in [-0.2, -0.15) is 0 Å². The SMILES string of the molecule is CC#Cc1cccc(C(CN2CCNCC2)C2CCC(O)CC2)c1.Cl.Cl. The molecule has 3 nitrogen and oxygen atoms in total. The highest BCUT2D eigenvalue weighted by molar-refractivity contribution is 5.85. The fourth-order valence-corrected chi connectivity index (χ4v) is 4.19. The summed E-state index contributed by atoms with van der Waals surface area (Å²) in [5.74, 6) is 7.44. The zero-order valence-electron chi connectivity index (χ0n) is 15.6. The van der Waals surface area contributed by atoms with E-state index in [-0.39, 0.29) is 30.9 Å². The maximum absolute atomic E-state index is 9.88. The molecule has 2 fully saturated rings. The predicted octanol–water partition coefficient (Wildman–Crippen LogP) is 3.44. The lowest BCUT2D eigenvalue weighted by molar-refractivity contribution is 0.0932. The van der Waals surface area contributed by atoms with Crippen molar-refractivity contribution < 1.29 is 5.11 Å². The van der Waals surface area contributed by atoms with E-state index in [0.717, 1.165) is 64.0 Å². The summed E-state index contributed by atoms with van der Waals surface area (Å²) in [4.78, 5) is 2.60. The van der Waals surface area contributed by atoms with Gasteiger partial charge < -0.3 is 15.3 Å². The zero-order valence-corrected chi connectivity index (χ0v) is 17.2. The average molecular weight is 399 g/mol. The molecule has 2 N–H and O–H groups in total. The van der Waals surface area contributed by atoms with E-state index in [4.69, 9.17) is 0 Å². The van der Waals surface area contributed by atoms with Gasteiger partial charge in [-0.1, -0.05) is 18.1 Å². The molecule has 3 rings (SSSR count). The number of nitrogens with one attached hydrogen (secondary N) is 1. The number of piperazine rings is 1. The number of halogens is 2. The predicted molar refractivity (Wildman–Crippen MR) is 114 cm³/mol. The molecule has 0 spiro atoms.